The van der Waals surface area contributed by atoms with Crippen LogP contribution in [0.2, 0.25) is 0 Å². The minimum Gasteiger partial charge on any atom is -0.497 e. The highest BCUT2D eigenvalue weighted by atomic mass is 32.2. The first-order chi connectivity index (χ1) is 17.0. The third-order valence-corrected chi connectivity index (χ3v) is 6.25. The van der Waals surface area contributed by atoms with E-state index in [1.165, 1.54) is 11.8 Å². The number of ether oxygens (including phenoxy) is 2. The predicted octanol–water partition coefficient (Wildman–Crippen LogP) is 5.25. The molecule has 3 aromatic carbocycles. The van der Waals surface area contributed by atoms with E-state index in [9.17, 15) is 14.4 Å². The lowest BCUT2D eigenvalue weighted by molar-refractivity contribution is -0.120. The number of nitrogens with zero attached hydrogens (tertiary/aromatic N) is 1. The number of esters is 1. The summed E-state index contributed by atoms with van der Waals surface area (Å²) in [4.78, 5) is 41.3. The summed E-state index contributed by atoms with van der Waals surface area (Å²) in [6, 6.07) is 22.7. The van der Waals surface area contributed by atoms with Gasteiger partial charge in [0, 0.05) is 10.6 Å². The van der Waals surface area contributed by atoms with E-state index in [4.69, 9.17) is 9.47 Å². The molecule has 35 heavy (non-hydrogen) atoms. The number of benzene rings is 3. The fourth-order valence-electron chi connectivity index (χ4n) is 3.40. The summed E-state index contributed by atoms with van der Waals surface area (Å²) in [5.74, 6) is -0.694. The van der Waals surface area contributed by atoms with Gasteiger partial charge in [0.1, 0.15) is 16.4 Å². The monoisotopic (exact) mass is 488 g/mol. The minimum absolute atomic E-state index is 0.181. The quantitative estimate of drug-likeness (QED) is 0.325. The van der Waals surface area contributed by atoms with Crippen molar-refractivity contribution < 1.29 is 23.9 Å². The minimum atomic E-state index is -0.481. The smallest absolute Gasteiger partial charge is 0.338 e. The van der Waals surface area contributed by atoms with Crippen LogP contribution >= 0.6 is 11.8 Å². The van der Waals surface area contributed by atoms with E-state index in [0.717, 1.165) is 16.2 Å². The average Bonchev–Trinajstić information content (AvgIpc) is 3.12. The maximum atomic E-state index is 13.5. The van der Waals surface area contributed by atoms with Gasteiger partial charge >= 0.3 is 5.97 Å². The van der Waals surface area contributed by atoms with Crippen molar-refractivity contribution in [2.45, 2.75) is 18.2 Å². The normalized spacial score (nSPS) is 13.3. The van der Waals surface area contributed by atoms with E-state index in [-0.39, 0.29) is 10.6 Å². The van der Waals surface area contributed by atoms with Gasteiger partial charge in [-0.3, -0.25) is 9.59 Å². The van der Waals surface area contributed by atoms with Crippen LogP contribution in [0.3, 0.4) is 0 Å². The number of anilines is 2. The van der Waals surface area contributed by atoms with E-state index >= 15 is 0 Å². The molecule has 1 aliphatic rings. The van der Waals surface area contributed by atoms with Crippen LogP contribution in [0.5, 0.6) is 5.75 Å². The van der Waals surface area contributed by atoms with Crippen molar-refractivity contribution in [2.75, 3.05) is 23.9 Å². The number of amides is 2. The van der Waals surface area contributed by atoms with Gasteiger partial charge in [0.05, 0.1) is 25.0 Å². The number of hydrogen-bond donors (Lipinski definition) is 1. The van der Waals surface area contributed by atoms with Crippen molar-refractivity contribution in [3.63, 3.8) is 0 Å². The van der Waals surface area contributed by atoms with Crippen LogP contribution in [0.25, 0.3) is 0 Å². The molecule has 0 spiro atoms. The number of methoxy groups -OCH3 is 1. The summed E-state index contributed by atoms with van der Waals surface area (Å²) in [5.41, 5.74) is 1.54. The molecule has 0 saturated carbocycles. The first-order valence-electron chi connectivity index (χ1n) is 11.1. The Kier molecular flexibility index (Phi) is 7.52. The molecule has 3 aromatic rings. The second-order valence-corrected chi connectivity index (χ2v) is 8.69. The van der Waals surface area contributed by atoms with Crippen molar-refractivity contribution in [3.05, 3.63) is 95.0 Å². The zero-order valence-corrected chi connectivity index (χ0v) is 20.1. The topological polar surface area (TPSA) is 84.9 Å². The summed E-state index contributed by atoms with van der Waals surface area (Å²) in [5, 5.41) is 3.11. The fourth-order valence-corrected chi connectivity index (χ4v) is 4.35. The third kappa shape index (κ3) is 5.38. The molecule has 1 aliphatic heterocycles. The molecule has 0 unspecified atom stereocenters. The lowest BCUT2D eigenvalue weighted by atomic mass is 10.2. The van der Waals surface area contributed by atoms with Gasteiger partial charge in [-0.25, -0.2) is 9.69 Å². The average molecular weight is 489 g/mol. The van der Waals surface area contributed by atoms with Crippen LogP contribution in [0, 0.1) is 0 Å². The first kappa shape index (κ1) is 24.1. The van der Waals surface area contributed by atoms with Crippen molar-refractivity contribution in [3.8, 4) is 5.75 Å². The Morgan fingerprint density at radius 2 is 1.60 bits per heavy atom. The highest BCUT2D eigenvalue weighted by Crippen LogP contribution is 2.38. The van der Waals surface area contributed by atoms with Crippen molar-refractivity contribution in [1.29, 1.82) is 0 Å². The summed E-state index contributed by atoms with van der Waals surface area (Å²) in [6.45, 7) is 2.24. The largest absolute Gasteiger partial charge is 0.497 e. The molecule has 0 aromatic heterocycles. The standard InChI is InChI=1S/C27H24N2O5S/c1-3-17-34-27(32)18-9-13-20(14-10-18)29-25(30)23(28-19-11-15-21(33-2)16-12-19)24(26(29)31)35-22-7-5-4-6-8-22/h4-16,28H,3,17H2,1-2H3. The van der Waals surface area contributed by atoms with Gasteiger partial charge in [-0.05, 0) is 67.1 Å². The molecule has 4 rings (SSSR count). The molecule has 0 saturated heterocycles. The second-order valence-electron chi connectivity index (χ2n) is 7.60. The Hall–Kier alpha value is -4.04. The van der Waals surface area contributed by atoms with Crippen molar-refractivity contribution in [1.82, 2.24) is 0 Å². The molecule has 0 aliphatic carbocycles. The van der Waals surface area contributed by atoms with Crippen LogP contribution in [0.15, 0.2) is 94.4 Å². The van der Waals surface area contributed by atoms with Gasteiger partial charge in [0.15, 0.2) is 0 Å². The van der Waals surface area contributed by atoms with E-state index in [0.29, 0.717) is 29.3 Å². The molecule has 2 amide bonds. The van der Waals surface area contributed by atoms with Crippen LogP contribution in [-0.4, -0.2) is 31.5 Å². The molecule has 0 fully saturated rings. The van der Waals surface area contributed by atoms with Gasteiger partial charge in [-0.2, -0.15) is 0 Å². The van der Waals surface area contributed by atoms with Crippen LogP contribution in [-0.2, 0) is 14.3 Å². The van der Waals surface area contributed by atoms with Gasteiger partial charge in [0.25, 0.3) is 11.8 Å². The molecule has 0 atom stereocenters. The van der Waals surface area contributed by atoms with Crippen LogP contribution in [0.4, 0.5) is 11.4 Å². The summed E-state index contributed by atoms with van der Waals surface area (Å²) >= 11 is 1.22. The van der Waals surface area contributed by atoms with E-state index in [2.05, 4.69) is 5.32 Å². The Morgan fingerprint density at radius 1 is 0.914 bits per heavy atom. The summed E-state index contributed by atoms with van der Waals surface area (Å²) in [6.07, 6.45) is 0.720. The lowest BCUT2D eigenvalue weighted by Crippen LogP contribution is -2.32. The maximum absolute atomic E-state index is 13.5. The number of carbonyl (C=O) groups is 3. The molecule has 1 heterocycles. The Morgan fingerprint density at radius 3 is 2.23 bits per heavy atom. The molecule has 8 heteroatoms. The molecular formula is C27H24N2O5S. The van der Waals surface area contributed by atoms with Gasteiger partial charge in [-0.1, -0.05) is 36.9 Å². The molecule has 7 nitrogen and oxygen atoms in total. The number of carbonyl (C=O) groups excluding carboxylic acids is 3. The van der Waals surface area contributed by atoms with Gasteiger partial charge in [-0.15, -0.1) is 0 Å². The summed E-state index contributed by atoms with van der Waals surface area (Å²) < 4.78 is 10.3. The van der Waals surface area contributed by atoms with E-state index in [1.54, 1.807) is 55.6 Å². The highest BCUT2D eigenvalue weighted by molar-refractivity contribution is 8.04. The fraction of sp³-hybridized carbons (Fsp3) is 0.148. The van der Waals surface area contributed by atoms with Gasteiger partial charge < -0.3 is 14.8 Å². The van der Waals surface area contributed by atoms with Crippen LogP contribution in [0.1, 0.15) is 23.7 Å². The molecular weight excluding hydrogens is 464 g/mol. The summed E-state index contributed by atoms with van der Waals surface area (Å²) in [7, 11) is 1.57. The number of rotatable bonds is 9. The molecule has 0 radical (unpaired) electrons. The number of imide groups is 1. The Bertz CT molecular complexity index is 1250. The number of nitrogens with one attached hydrogen (secondary N) is 1. The number of thioether (sulfide) groups is 1. The molecule has 0 bridgehead atoms. The van der Waals surface area contributed by atoms with Crippen molar-refractivity contribution >= 4 is 40.9 Å². The van der Waals surface area contributed by atoms with Crippen molar-refractivity contribution in [2.24, 2.45) is 0 Å². The third-order valence-electron chi connectivity index (χ3n) is 5.16. The van der Waals surface area contributed by atoms with Gasteiger partial charge in [0.2, 0.25) is 0 Å². The molecule has 1 N–H and O–H groups in total. The van der Waals surface area contributed by atoms with Crippen LogP contribution < -0.4 is 15.0 Å². The Balaban J connectivity index is 1.64. The predicted molar refractivity (Wildman–Crippen MR) is 135 cm³/mol. The van der Waals surface area contributed by atoms with E-state index < -0.39 is 17.8 Å². The Labute approximate surface area is 207 Å². The zero-order chi connectivity index (χ0) is 24.8. The maximum Gasteiger partial charge on any atom is 0.338 e. The molecule has 178 valence electrons. The first-order valence-corrected chi connectivity index (χ1v) is 11.9. The van der Waals surface area contributed by atoms with E-state index in [1.807, 2.05) is 37.3 Å². The SMILES string of the molecule is CCCOC(=O)c1ccc(N2C(=O)C(Nc3ccc(OC)cc3)=C(Sc3ccccc3)C2=O)cc1. The highest BCUT2D eigenvalue weighted by Gasteiger charge is 2.40. The lowest BCUT2D eigenvalue weighted by Gasteiger charge is -2.16. The number of hydrogen-bond acceptors (Lipinski definition) is 7. The zero-order valence-electron chi connectivity index (χ0n) is 19.3. The second kappa shape index (κ2) is 10.9.